The molecule has 0 aromatic carbocycles. The van der Waals surface area contributed by atoms with Crippen molar-refractivity contribution in [2.75, 3.05) is 19.9 Å². The molecule has 0 bridgehead atoms. The van der Waals surface area contributed by atoms with Gasteiger partial charge in [-0.1, -0.05) is 6.07 Å². The Bertz CT molecular complexity index is 1140. The first-order chi connectivity index (χ1) is 16.4. The number of halogens is 4. The molecule has 2 aromatic heterocycles. The summed E-state index contributed by atoms with van der Waals surface area (Å²) in [5.41, 5.74) is 6.81. The Hall–Kier alpha value is -4.01. The highest BCUT2D eigenvalue weighted by Crippen LogP contribution is 2.19. The third-order valence-corrected chi connectivity index (χ3v) is 4.34. The van der Waals surface area contributed by atoms with Gasteiger partial charge in [0.15, 0.2) is 11.3 Å². The molecule has 3 N–H and O–H groups in total. The van der Waals surface area contributed by atoms with Crippen molar-refractivity contribution in [3.63, 3.8) is 0 Å². The summed E-state index contributed by atoms with van der Waals surface area (Å²) in [6.07, 6.45) is -2.37. The van der Waals surface area contributed by atoms with Gasteiger partial charge in [-0.2, -0.15) is 28.0 Å². The highest BCUT2D eigenvalue weighted by Gasteiger charge is 2.40. The lowest BCUT2D eigenvalue weighted by molar-refractivity contribution is -0.582. The Balaban J connectivity index is 0.000000669. The van der Waals surface area contributed by atoms with E-state index in [0.29, 0.717) is 28.4 Å². The molecule has 0 saturated carbocycles. The van der Waals surface area contributed by atoms with Crippen LogP contribution >= 0.6 is 0 Å². The van der Waals surface area contributed by atoms with Gasteiger partial charge < -0.3 is 4.74 Å². The molecule has 0 aliphatic carbocycles. The molecule has 0 amide bonds. The van der Waals surface area contributed by atoms with Gasteiger partial charge in [-0.05, 0) is 30.7 Å². The number of hydrogen-bond acceptors (Lipinski definition) is 8. The number of nitrogens with one attached hydrogen (secondary N) is 1. The maximum atomic E-state index is 13.8. The monoisotopic (exact) mass is 496 g/mol. The van der Waals surface area contributed by atoms with Crippen molar-refractivity contribution in [2.24, 2.45) is 5.73 Å². The molecule has 9 nitrogen and oxygen atoms in total. The van der Waals surface area contributed by atoms with Crippen molar-refractivity contribution >= 4 is 17.8 Å². The minimum Gasteiger partial charge on any atom is -0.364 e. The number of hydrogen-bond donors (Lipinski definition) is 2. The molecule has 0 fully saturated rings. The molecular formula is C22H22F4N5O4+. The van der Waals surface area contributed by atoms with Gasteiger partial charge in [0.05, 0.1) is 24.3 Å². The van der Waals surface area contributed by atoms with E-state index < -0.39 is 18.4 Å². The predicted molar refractivity (Wildman–Crippen MR) is 111 cm³/mol. The Kier molecular flexibility index (Phi) is 10.8. The number of ketones is 1. The van der Waals surface area contributed by atoms with E-state index in [1.807, 2.05) is 6.07 Å². The Labute approximate surface area is 197 Å². The fraction of sp³-hybridized carbons (Fsp3) is 0.364. The second kappa shape index (κ2) is 13.0. The van der Waals surface area contributed by atoms with E-state index in [2.05, 4.69) is 15.0 Å². The smallest absolute Gasteiger partial charge is 0.364 e. The average molecular weight is 496 g/mol. The van der Waals surface area contributed by atoms with E-state index in [1.54, 1.807) is 31.2 Å². The van der Waals surface area contributed by atoms with Crippen LogP contribution in [0.3, 0.4) is 0 Å². The van der Waals surface area contributed by atoms with Crippen molar-refractivity contribution in [1.82, 2.24) is 9.97 Å². The van der Waals surface area contributed by atoms with Crippen molar-refractivity contribution in [2.45, 2.75) is 32.0 Å². The van der Waals surface area contributed by atoms with Crippen LogP contribution in [0, 0.1) is 18.3 Å². The standard InChI is InChI=1S/C19H18FN5O2.C2H3F3.CO2/c1-12-5-13(7-21)8-23-18(12)15(26)6-14-3-2-4-16(24-14)19(10-20)11-27-9-17(22)25-19;1-2(3,4)5;2-1-3/h2-5,8H,6,9-11H2,1H3,(H2,22,25);1H3;/p+1. The molecule has 0 radical (unpaired) electrons. The van der Waals surface area contributed by atoms with Crippen LogP contribution < -0.4 is 10.7 Å². The molecule has 35 heavy (non-hydrogen) atoms. The molecule has 1 unspecified atom stereocenters. The van der Waals surface area contributed by atoms with Gasteiger partial charge in [0.2, 0.25) is 0 Å². The zero-order valence-corrected chi connectivity index (χ0v) is 18.8. The van der Waals surface area contributed by atoms with E-state index in [9.17, 15) is 22.4 Å². The zero-order chi connectivity index (χ0) is 26.6. The number of pyridine rings is 2. The van der Waals surface area contributed by atoms with E-state index in [4.69, 9.17) is 25.3 Å². The van der Waals surface area contributed by atoms with E-state index in [1.165, 1.54) is 6.20 Å². The third-order valence-electron chi connectivity index (χ3n) is 4.34. The Morgan fingerprint density at radius 2 is 1.97 bits per heavy atom. The summed E-state index contributed by atoms with van der Waals surface area (Å²) in [6.45, 7) is 1.46. The number of amidine groups is 1. The maximum Gasteiger partial charge on any atom is 0.386 e. The first kappa shape index (κ1) is 29.0. The number of Topliss-reactive ketones (excluding diaryl/α,β-unsaturated/α-hetero) is 1. The largest absolute Gasteiger partial charge is 0.386 e. The lowest BCUT2D eigenvalue weighted by atomic mass is 9.96. The molecule has 1 aliphatic heterocycles. The first-order valence-electron chi connectivity index (χ1n) is 9.84. The fourth-order valence-electron chi connectivity index (χ4n) is 3.01. The SMILES string of the molecule is CC(F)(F)F.Cc1cc(C#N)cnc1C(=O)Cc1cccc(C2(CF)COCC(N)=[NH+]2)n1.O=C=O. The van der Waals surface area contributed by atoms with Gasteiger partial charge >= 0.3 is 12.3 Å². The summed E-state index contributed by atoms with van der Waals surface area (Å²) < 4.78 is 50.2. The molecule has 186 valence electrons. The van der Waals surface area contributed by atoms with Crippen LogP contribution in [0.1, 0.15) is 39.9 Å². The topological polar surface area (TPSA) is 150 Å². The molecule has 2 aromatic rings. The summed E-state index contributed by atoms with van der Waals surface area (Å²) in [4.78, 5) is 40.3. The van der Waals surface area contributed by atoms with Crippen molar-refractivity contribution < 1.29 is 41.7 Å². The Morgan fingerprint density at radius 3 is 2.49 bits per heavy atom. The van der Waals surface area contributed by atoms with Gasteiger partial charge in [0, 0.05) is 18.8 Å². The Morgan fingerprint density at radius 1 is 1.34 bits per heavy atom. The van der Waals surface area contributed by atoms with Crippen molar-refractivity contribution in [1.29, 1.82) is 5.26 Å². The lowest BCUT2D eigenvalue weighted by Crippen LogP contribution is -2.92. The average Bonchev–Trinajstić information content (AvgIpc) is 2.78. The minimum atomic E-state index is -4.00. The molecule has 0 spiro atoms. The van der Waals surface area contributed by atoms with Crippen LogP contribution in [0.2, 0.25) is 0 Å². The van der Waals surface area contributed by atoms with Gasteiger partial charge in [-0.25, -0.2) is 4.39 Å². The summed E-state index contributed by atoms with van der Waals surface area (Å²) >= 11 is 0. The summed E-state index contributed by atoms with van der Waals surface area (Å²) in [5.74, 6) is 0.106. The van der Waals surface area contributed by atoms with Gasteiger partial charge in [-0.3, -0.25) is 25.5 Å². The number of aromatic nitrogens is 2. The molecule has 13 heteroatoms. The number of nitrogens with zero attached hydrogens (tertiary/aromatic N) is 3. The highest BCUT2D eigenvalue weighted by molar-refractivity contribution is 5.96. The molecule has 0 saturated heterocycles. The lowest BCUT2D eigenvalue weighted by Gasteiger charge is -2.27. The number of aryl methyl sites for hydroxylation is 1. The van der Waals surface area contributed by atoms with Crippen LogP contribution in [-0.4, -0.2) is 53.8 Å². The highest BCUT2D eigenvalue weighted by atomic mass is 19.4. The zero-order valence-electron chi connectivity index (χ0n) is 18.8. The molecule has 1 atom stereocenters. The number of ether oxygens (including phenoxy) is 1. The third kappa shape index (κ3) is 9.40. The van der Waals surface area contributed by atoms with Crippen LogP contribution in [0.15, 0.2) is 30.5 Å². The summed E-state index contributed by atoms with van der Waals surface area (Å²) in [6, 6.07) is 8.69. The number of alkyl halides is 4. The summed E-state index contributed by atoms with van der Waals surface area (Å²) in [5, 5.41) is 8.91. The van der Waals surface area contributed by atoms with Crippen LogP contribution in [0.25, 0.3) is 0 Å². The quantitative estimate of drug-likeness (QED) is 0.454. The second-order valence-electron chi connectivity index (χ2n) is 7.34. The molecular weight excluding hydrogens is 474 g/mol. The first-order valence-corrected chi connectivity index (χ1v) is 9.84. The van der Waals surface area contributed by atoms with E-state index in [0.717, 1.165) is 0 Å². The van der Waals surface area contributed by atoms with Gasteiger partial charge in [0.25, 0.3) is 5.84 Å². The van der Waals surface area contributed by atoms with E-state index in [-0.39, 0.29) is 44.2 Å². The summed E-state index contributed by atoms with van der Waals surface area (Å²) in [7, 11) is 0. The maximum absolute atomic E-state index is 13.8. The van der Waals surface area contributed by atoms with Gasteiger partial charge in [-0.15, -0.1) is 0 Å². The number of carbonyl (C=O) groups is 1. The number of nitrogens with two attached hydrogens (primary N) is 1. The molecule has 1 aliphatic rings. The van der Waals surface area contributed by atoms with E-state index >= 15 is 0 Å². The minimum absolute atomic E-state index is 0.00992. The molecule has 3 rings (SSSR count). The van der Waals surface area contributed by atoms with Crippen molar-refractivity contribution in [3.8, 4) is 6.07 Å². The fourth-order valence-corrected chi connectivity index (χ4v) is 3.01. The molecule has 3 heterocycles. The van der Waals surface area contributed by atoms with Gasteiger partial charge in [0.1, 0.15) is 25.0 Å². The predicted octanol–water partition coefficient (Wildman–Crippen LogP) is 0.700. The number of carbonyl (C=O) groups excluding carboxylic acids is 3. The van der Waals surface area contributed by atoms with Crippen LogP contribution in [0.5, 0.6) is 0 Å². The van der Waals surface area contributed by atoms with Crippen molar-refractivity contribution in [3.05, 3.63) is 58.7 Å². The number of nitriles is 1. The van der Waals surface area contributed by atoms with Crippen LogP contribution in [0.4, 0.5) is 17.6 Å². The van der Waals surface area contributed by atoms with Crippen LogP contribution in [-0.2, 0) is 26.3 Å². The number of rotatable bonds is 5. The second-order valence-corrected chi connectivity index (χ2v) is 7.34. The normalized spacial score (nSPS) is 16.8.